The number of carbonyl (C=O) groups is 2. The molecule has 1 amide bonds. The maximum absolute atomic E-state index is 12.5. The molecule has 0 spiro atoms. The van der Waals surface area contributed by atoms with E-state index in [9.17, 15) is 14.7 Å². The maximum Gasteiger partial charge on any atom is 0.335 e. The Hall–Kier alpha value is -2.34. The number of aromatic carboxylic acids is 1. The first-order valence-electron chi connectivity index (χ1n) is 7.65. The Morgan fingerprint density at radius 3 is 2.17 bits per heavy atom. The van der Waals surface area contributed by atoms with Crippen molar-refractivity contribution in [2.45, 2.75) is 13.8 Å². The minimum absolute atomic E-state index is 0.136. The maximum atomic E-state index is 12.5. The molecule has 0 atom stereocenters. The van der Waals surface area contributed by atoms with E-state index in [2.05, 4.69) is 26.1 Å². The fraction of sp³-hybridized carbons (Fsp3) is 0.222. The summed E-state index contributed by atoms with van der Waals surface area (Å²) in [7, 11) is 0. The van der Waals surface area contributed by atoms with Gasteiger partial charge in [-0.2, -0.15) is 0 Å². The van der Waals surface area contributed by atoms with Crippen molar-refractivity contribution in [3.63, 3.8) is 0 Å². The van der Waals surface area contributed by atoms with E-state index in [0.717, 1.165) is 23.2 Å². The number of carboxylic acid groups (broad SMARTS) is 1. The molecule has 0 aromatic heterocycles. The first-order valence-corrected chi connectivity index (χ1v) is 8.44. The van der Waals surface area contributed by atoms with Crippen LogP contribution in [0.4, 0.5) is 11.4 Å². The van der Waals surface area contributed by atoms with Crippen LogP contribution < -0.4 is 10.2 Å². The Morgan fingerprint density at radius 2 is 1.62 bits per heavy atom. The Kier molecular flexibility index (Phi) is 5.98. The highest BCUT2D eigenvalue weighted by Crippen LogP contribution is 2.28. The normalized spacial score (nSPS) is 10.3. The van der Waals surface area contributed by atoms with Crippen LogP contribution in [0.25, 0.3) is 0 Å². The highest BCUT2D eigenvalue weighted by Gasteiger charge is 2.15. The predicted octanol–water partition coefficient (Wildman–Crippen LogP) is 4.25. The van der Waals surface area contributed by atoms with Crippen molar-refractivity contribution in [3.8, 4) is 0 Å². The summed E-state index contributed by atoms with van der Waals surface area (Å²) in [6.07, 6.45) is 0. The third kappa shape index (κ3) is 4.14. The van der Waals surface area contributed by atoms with Gasteiger partial charge in [-0.05, 0) is 56.3 Å². The smallest absolute Gasteiger partial charge is 0.335 e. The first-order chi connectivity index (χ1) is 11.5. The zero-order valence-corrected chi connectivity index (χ0v) is 15.1. The Balaban J connectivity index is 2.38. The van der Waals surface area contributed by atoms with Crippen LogP contribution in [0, 0.1) is 0 Å². The van der Waals surface area contributed by atoms with Crippen LogP contribution in [0.1, 0.15) is 34.6 Å². The van der Waals surface area contributed by atoms with Gasteiger partial charge in [0, 0.05) is 23.1 Å². The van der Waals surface area contributed by atoms with Crippen molar-refractivity contribution in [3.05, 3.63) is 58.1 Å². The van der Waals surface area contributed by atoms with E-state index in [-0.39, 0.29) is 11.5 Å². The van der Waals surface area contributed by atoms with E-state index < -0.39 is 5.97 Å². The van der Waals surface area contributed by atoms with Gasteiger partial charge in [0.1, 0.15) is 0 Å². The topological polar surface area (TPSA) is 69.6 Å². The van der Waals surface area contributed by atoms with Gasteiger partial charge in [0.25, 0.3) is 5.91 Å². The van der Waals surface area contributed by atoms with E-state index in [1.807, 2.05) is 13.8 Å². The van der Waals surface area contributed by atoms with Crippen LogP contribution in [0.3, 0.4) is 0 Å². The summed E-state index contributed by atoms with van der Waals surface area (Å²) in [5.74, 6) is -1.31. The van der Waals surface area contributed by atoms with Gasteiger partial charge in [-0.15, -0.1) is 0 Å². The molecule has 5 nitrogen and oxygen atoms in total. The van der Waals surface area contributed by atoms with Gasteiger partial charge in [-0.1, -0.05) is 15.9 Å². The first kappa shape index (κ1) is 18.0. The second-order valence-electron chi connectivity index (χ2n) is 5.17. The fourth-order valence-electron chi connectivity index (χ4n) is 2.40. The number of nitrogens with zero attached hydrogens (tertiary/aromatic N) is 1. The lowest BCUT2D eigenvalue weighted by Gasteiger charge is -2.24. The van der Waals surface area contributed by atoms with Crippen molar-refractivity contribution in [2.75, 3.05) is 23.3 Å². The number of carboxylic acids is 1. The van der Waals surface area contributed by atoms with Crippen molar-refractivity contribution in [1.82, 2.24) is 0 Å². The Morgan fingerprint density at radius 1 is 1.04 bits per heavy atom. The molecule has 2 aromatic rings. The van der Waals surface area contributed by atoms with Gasteiger partial charge in [0.05, 0.1) is 16.9 Å². The summed E-state index contributed by atoms with van der Waals surface area (Å²) in [5, 5.41) is 12.0. The molecule has 0 fully saturated rings. The molecule has 0 aliphatic carbocycles. The van der Waals surface area contributed by atoms with Crippen molar-refractivity contribution >= 4 is 39.2 Å². The number of nitrogens with one attached hydrogen (secondary N) is 1. The highest BCUT2D eigenvalue weighted by atomic mass is 79.9. The summed E-state index contributed by atoms with van der Waals surface area (Å²) < 4.78 is 0.885. The third-order valence-electron chi connectivity index (χ3n) is 3.70. The van der Waals surface area contributed by atoms with E-state index >= 15 is 0 Å². The highest BCUT2D eigenvalue weighted by molar-refractivity contribution is 9.10. The number of carbonyl (C=O) groups excluding carboxylic acids is 1. The molecule has 2 N–H and O–H groups in total. The summed E-state index contributed by atoms with van der Waals surface area (Å²) in [6, 6.07) is 11.8. The molecule has 0 aliphatic rings. The molecular weight excluding hydrogens is 372 g/mol. The Labute approximate surface area is 149 Å². The van der Waals surface area contributed by atoms with Crippen molar-refractivity contribution in [2.24, 2.45) is 0 Å². The summed E-state index contributed by atoms with van der Waals surface area (Å²) in [5.41, 5.74) is 1.93. The van der Waals surface area contributed by atoms with E-state index in [4.69, 9.17) is 0 Å². The molecule has 0 saturated carbocycles. The van der Waals surface area contributed by atoms with Crippen molar-refractivity contribution < 1.29 is 14.7 Å². The van der Waals surface area contributed by atoms with Gasteiger partial charge >= 0.3 is 5.97 Å². The lowest BCUT2D eigenvalue weighted by Crippen LogP contribution is -2.24. The Bertz CT molecular complexity index is 740. The minimum Gasteiger partial charge on any atom is -0.478 e. The molecule has 0 unspecified atom stereocenters. The molecule has 126 valence electrons. The van der Waals surface area contributed by atoms with Crippen molar-refractivity contribution in [1.29, 1.82) is 0 Å². The largest absolute Gasteiger partial charge is 0.478 e. The SMILES string of the molecule is CCN(CC)c1ccc(C(=O)O)cc1NC(=O)c1ccc(Br)cc1. The standard InChI is InChI=1S/C18H19BrN2O3/c1-3-21(4-2)16-10-7-13(18(23)24)11-15(16)20-17(22)12-5-8-14(19)9-6-12/h5-11H,3-4H2,1-2H3,(H,20,22)(H,23,24). The summed E-state index contributed by atoms with van der Waals surface area (Å²) >= 11 is 3.33. The fourth-order valence-corrected chi connectivity index (χ4v) is 2.67. The number of anilines is 2. The molecule has 2 rings (SSSR count). The average Bonchev–Trinajstić information content (AvgIpc) is 2.57. The molecule has 0 heterocycles. The zero-order chi connectivity index (χ0) is 17.7. The number of halogens is 1. The molecule has 24 heavy (non-hydrogen) atoms. The monoisotopic (exact) mass is 390 g/mol. The van der Waals surface area contributed by atoms with Crippen LogP contribution >= 0.6 is 15.9 Å². The number of benzene rings is 2. The third-order valence-corrected chi connectivity index (χ3v) is 4.23. The zero-order valence-electron chi connectivity index (χ0n) is 13.5. The van der Waals surface area contributed by atoms with Crippen LogP contribution in [-0.4, -0.2) is 30.1 Å². The van der Waals surface area contributed by atoms with E-state index in [1.54, 1.807) is 36.4 Å². The molecule has 0 radical (unpaired) electrons. The second-order valence-corrected chi connectivity index (χ2v) is 6.09. The molecular formula is C18H19BrN2O3. The molecule has 0 saturated heterocycles. The molecule has 6 heteroatoms. The number of rotatable bonds is 6. The molecule has 0 aliphatic heterocycles. The summed E-state index contributed by atoms with van der Waals surface area (Å²) in [4.78, 5) is 25.8. The van der Waals surface area contributed by atoms with Gasteiger partial charge in [-0.3, -0.25) is 4.79 Å². The molecule has 2 aromatic carbocycles. The lowest BCUT2D eigenvalue weighted by atomic mass is 10.1. The van der Waals surface area contributed by atoms with Crippen LogP contribution in [0.15, 0.2) is 46.9 Å². The average molecular weight is 391 g/mol. The number of hydrogen-bond acceptors (Lipinski definition) is 3. The van der Waals surface area contributed by atoms with Gasteiger partial charge in [0.2, 0.25) is 0 Å². The van der Waals surface area contributed by atoms with Gasteiger partial charge in [0.15, 0.2) is 0 Å². The van der Waals surface area contributed by atoms with Crippen LogP contribution in [0.5, 0.6) is 0 Å². The van der Waals surface area contributed by atoms with Gasteiger partial charge in [-0.25, -0.2) is 4.79 Å². The second kappa shape index (κ2) is 7.97. The minimum atomic E-state index is -1.03. The summed E-state index contributed by atoms with van der Waals surface area (Å²) in [6.45, 7) is 5.53. The van der Waals surface area contributed by atoms with Gasteiger partial charge < -0.3 is 15.3 Å². The van der Waals surface area contributed by atoms with E-state index in [1.165, 1.54) is 6.07 Å². The number of amides is 1. The predicted molar refractivity (Wildman–Crippen MR) is 99.1 cm³/mol. The molecule has 0 bridgehead atoms. The quantitative estimate of drug-likeness (QED) is 0.773. The van der Waals surface area contributed by atoms with Crippen LogP contribution in [0.2, 0.25) is 0 Å². The van der Waals surface area contributed by atoms with E-state index in [0.29, 0.717) is 11.3 Å². The number of hydrogen-bond donors (Lipinski definition) is 2. The lowest BCUT2D eigenvalue weighted by molar-refractivity contribution is 0.0696. The van der Waals surface area contributed by atoms with Crippen LogP contribution in [-0.2, 0) is 0 Å².